The van der Waals surface area contributed by atoms with Crippen molar-refractivity contribution >= 4 is 15.8 Å². The molecule has 2 heterocycles. The first-order valence-electron chi connectivity index (χ1n) is 8.31. The summed E-state index contributed by atoms with van der Waals surface area (Å²) < 4.78 is 30.2. The van der Waals surface area contributed by atoms with E-state index in [1.165, 1.54) is 7.11 Å². The number of rotatable bonds is 5. The zero-order valence-corrected chi connectivity index (χ0v) is 15.0. The Morgan fingerprint density at radius 2 is 1.88 bits per heavy atom. The first-order chi connectivity index (χ1) is 11.9. The zero-order chi connectivity index (χ0) is 17.9. The van der Waals surface area contributed by atoms with Crippen LogP contribution in [0.15, 0.2) is 42.7 Å². The minimum Gasteiger partial charge on any atom is -0.469 e. The van der Waals surface area contributed by atoms with Crippen molar-refractivity contribution in [2.75, 3.05) is 18.6 Å². The molecule has 0 amide bonds. The fourth-order valence-corrected chi connectivity index (χ4v) is 4.90. The van der Waals surface area contributed by atoms with Crippen molar-refractivity contribution in [1.29, 1.82) is 0 Å². The predicted octanol–water partition coefficient (Wildman–Crippen LogP) is 2.31. The number of carbonyl (C=O) groups excluding carboxylic acids is 1. The van der Waals surface area contributed by atoms with E-state index >= 15 is 0 Å². The molecule has 0 bridgehead atoms. The molecule has 0 N–H and O–H groups in total. The molecule has 25 heavy (non-hydrogen) atoms. The van der Waals surface area contributed by atoms with Crippen LogP contribution in [0.25, 0.3) is 11.1 Å². The summed E-state index contributed by atoms with van der Waals surface area (Å²) in [5.41, 5.74) is 1.36. The maximum atomic E-state index is 12.3. The SMILES string of the molecule is COC(=O)C1(CCn2cc(-c3ccccc3)cn2)CCS(=O)(=O)CC1. The largest absolute Gasteiger partial charge is 0.469 e. The normalized spacial score (nSPS) is 18.6. The summed E-state index contributed by atoms with van der Waals surface area (Å²) in [6, 6.07) is 9.94. The standard InChI is InChI=1S/C18H22N2O4S/c1-24-17(21)18(8-11-25(22,23)12-9-18)7-10-20-14-16(13-19-20)15-5-3-2-4-6-15/h2-6,13-14H,7-12H2,1H3. The lowest BCUT2D eigenvalue weighted by molar-refractivity contribution is -0.154. The van der Waals surface area contributed by atoms with Crippen LogP contribution in [-0.2, 0) is 25.9 Å². The van der Waals surface area contributed by atoms with Gasteiger partial charge in [-0.05, 0) is 24.8 Å². The number of benzene rings is 1. The van der Waals surface area contributed by atoms with Crippen LogP contribution in [0.3, 0.4) is 0 Å². The Kier molecular flexibility index (Phi) is 4.94. The van der Waals surface area contributed by atoms with Crippen molar-refractivity contribution in [3.8, 4) is 11.1 Å². The Morgan fingerprint density at radius 3 is 2.52 bits per heavy atom. The van der Waals surface area contributed by atoms with Gasteiger partial charge in [-0.25, -0.2) is 8.42 Å². The molecule has 1 aliphatic heterocycles. The van der Waals surface area contributed by atoms with E-state index in [-0.39, 0.29) is 17.5 Å². The number of ether oxygens (including phenoxy) is 1. The van der Waals surface area contributed by atoms with Gasteiger partial charge in [0.25, 0.3) is 0 Å². The quantitative estimate of drug-likeness (QED) is 0.763. The molecule has 2 aromatic rings. The van der Waals surface area contributed by atoms with Crippen LogP contribution >= 0.6 is 0 Å². The number of nitrogens with zero attached hydrogens (tertiary/aromatic N) is 2. The molecule has 0 unspecified atom stereocenters. The van der Waals surface area contributed by atoms with Gasteiger partial charge in [-0.3, -0.25) is 9.48 Å². The molecule has 134 valence electrons. The van der Waals surface area contributed by atoms with Gasteiger partial charge >= 0.3 is 5.97 Å². The first-order valence-corrected chi connectivity index (χ1v) is 10.1. The van der Waals surface area contributed by atoms with E-state index in [0.29, 0.717) is 25.8 Å². The van der Waals surface area contributed by atoms with Crippen molar-refractivity contribution in [2.24, 2.45) is 5.41 Å². The molecule has 0 atom stereocenters. The number of aromatic nitrogens is 2. The average molecular weight is 362 g/mol. The van der Waals surface area contributed by atoms with E-state index in [1.54, 1.807) is 10.9 Å². The summed E-state index contributed by atoms with van der Waals surface area (Å²) >= 11 is 0. The van der Waals surface area contributed by atoms with E-state index < -0.39 is 15.3 Å². The Labute approximate surface area is 147 Å². The summed E-state index contributed by atoms with van der Waals surface area (Å²) in [7, 11) is -1.68. The molecule has 1 aliphatic rings. The molecule has 1 saturated heterocycles. The number of methoxy groups -OCH3 is 1. The van der Waals surface area contributed by atoms with Crippen LogP contribution in [0.4, 0.5) is 0 Å². The van der Waals surface area contributed by atoms with Gasteiger partial charge in [0.1, 0.15) is 9.84 Å². The zero-order valence-electron chi connectivity index (χ0n) is 14.2. The van der Waals surface area contributed by atoms with Gasteiger partial charge in [-0.1, -0.05) is 30.3 Å². The predicted molar refractivity (Wildman–Crippen MR) is 94.6 cm³/mol. The van der Waals surface area contributed by atoms with Gasteiger partial charge in [0.2, 0.25) is 0 Å². The van der Waals surface area contributed by atoms with E-state index in [0.717, 1.165) is 11.1 Å². The monoisotopic (exact) mass is 362 g/mol. The molecule has 1 aromatic carbocycles. The third-order valence-corrected chi connectivity index (χ3v) is 6.61. The maximum absolute atomic E-state index is 12.3. The average Bonchev–Trinajstić information content (AvgIpc) is 3.10. The Hall–Kier alpha value is -2.15. The van der Waals surface area contributed by atoms with Crippen molar-refractivity contribution in [3.63, 3.8) is 0 Å². The van der Waals surface area contributed by atoms with Gasteiger partial charge in [0, 0.05) is 18.3 Å². The lowest BCUT2D eigenvalue weighted by Crippen LogP contribution is -2.41. The van der Waals surface area contributed by atoms with E-state index in [1.807, 2.05) is 36.5 Å². The van der Waals surface area contributed by atoms with Gasteiger partial charge in [0.15, 0.2) is 0 Å². The van der Waals surface area contributed by atoms with E-state index in [4.69, 9.17) is 4.74 Å². The van der Waals surface area contributed by atoms with Gasteiger partial charge in [0.05, 0.1) is 30.2 Å². The summed E-state index contributed by atoms with van der Waals surface area (Å²) in [5.74, 6) is -0.245. The second kappa shape index (κ2) is 7.00. The van der Waals surface area contributed by atoms with E-state index in [9.17, 15) is 13.2 Å². The third-order valence-electron chi connectivity index (χ3n) is 4.96. The van der Waals surface area contributed by atoms with Crippen LogP contribution in [-0.4, -0.2) is 42.8 Å². The van der Waals surface area contributed by atoms with Gasteiger partial charge < -0.3 is 4.74 Å². The van der Waals surface area contributed by atoms with Gasteiger partial charge in [-0.15, -0.1) is 0 Å². The fraction of sp³-hybridized carbons (Fsp3) is 0.444. The number of carbonyl (C=O) groups is 1. The number of hydrogen-bond donors (Lipinski definition) is 0. The molecule has 0 saturated carbocycles. The first kappa shape index (κ1) is 17.7. The Bertz CT molecular complexity index is 829. The van der Waals surface area contributed by atoms with Crippen molar-refractivity contribution in [3.05, 3.63) is 42.7 Å². The molecule has 3 rings (SSSR count). The molecular formula is C18H22N2O4S. The summed E-state index contributed by atoms with van der Waals surface area (Å²) in [5, 5.41) is 4.37. The summed E-state index contributed by atoms with van der Waals surface area (Å²) in [4.78, 5) is 12.3. The molecule has 6 nitrogen and oxygen atoms in total. The molecule has 0 aliphatic carbocycles. The smallest absolute Gasteiger partial charge is 0.311 e. The molecule has 1 fully saturated rings. The Morgan fingerprint density at radius 1 is 1.20 bits per heavy atom. The van der Waals surface area contributed by atoms with Crippen molar-refractivity contribution in [2.45, 2.75) is 25.8 Å². The minimum absolute atomic E-state index is 0.0382. The lowest BCUT2D eigenvalue weighted by atomic mass is 9.79. The highest BCUT2D eigenvalue weighted by Crippen LogP contribution is 2.37. The maximum Gasteiger partial charge on any atom is 0.311 e. The number of sulfone groups is 1. The Balaban J connectivity index is 1.72. The molecule has 0 radical (unpaired) electrons. The topological polar surface area (TPSA) is 78.3 Å². The molecule has 1 aromatic heterocycles. The third kappa shape index (κ3) is 3.92. The summed E-state index contributed by atoms with van der Waals surface area (Å²) in [6.45, 7) is 0.544. The molecular weight excluding hydrogens is 340 g/mol. The van der Waals surface area contributed by atoms with Gasteiger partial charge in [-0.2, -0.15) is 5.10 Å². The van der Waals surface area contributed by atoms with Crippen LogP contribution in [0.5, 0.6) is 0 Å². The van der Waals surface area contributed by atoms with E-state index in [2.05, 4.69) is 5.10 Å². The second-order valence-electron chi connectivity index (χ2n) is 6.53. The molecule has 7 heteroatoms. The molecule has 0 spiro atoms. The van der Waals surface area contributed by atoms with Crippen LogP contribution < -0.4 is 0 Å². The number of hydrogen-bond acceptors (Lipinski definition) is 5. The van der Waals surface area contributed by atoms with Crippen LogP contribution in [0.1, 0.15) is 19.3 Å². The second-order valence-corrected chi connectivity index (χ2v) is 8.84. The summed E-state index contributed by atoms with van der Waals surface area (Å²) in [6.07, 6.45) is 4.89. The lowest BCUT2D eigenvalue weighted by Gasteiger charge is -2.34. The van der Waals surface area contributed by atoms with Crippen LogP contribution in [0.2, 0.25) is 0 Å². The highest BCUT2D eigenvalue weighted by Gasteiger charge is 2.44. The minimum atomic E-state index is -3.04. The number of esters is 1. The highest BCUT2D eigenvalue weighted by molar-refractivity contribution is 7.91. The van der Waals surface area contributed by atoms with Crippen molar-refractivity contribution in [1.82, 2.24) is 9.78 Å². The fourth-order valence-electron chi connectivity index (χ4n) is 3.30. The van der Waals surface area contributed by atoms with Crippen molar-refractivity contribution < 1.29 is 17.9 Å². The highest BCUT2D eigenvalue weighted by atomic mass is 32.2. The number of aryl methyl sites for hydroxylation is 1. The van der Waals surface area contributed by atoms with Crippen LogP contribution in [0, 0.1) is 5.41 Å².